The highest BCUT2D eigenvalue weighted by Gasteiger charge is 2.14. The van der Waals surface area contributed by atoms with Crippen molar-refractivity contribution in [2.75, 3.05) is 0 Å². The lowest BCUT2D eigenvalue weighted by atomic mass is 10.2. The van der Waals surface area contributed by atoms with Gasteiger partial charge < -0.3 is 9.15 Å². The van der Waals surface area contributed by atoms with E-state index in [1.807, 2.05) is 24.3 Å². The molecule has 3 aromatic rings. The van der Waals surface area contributed by atoms with Crippen LogP contribution in [0.2, 0.25) is 0 Å². The molecule has 0 bridgehead atoms. The largest absolute Gasteiger partial charge is 0.452 e. The summed E-state index contributed by atoms with van der Waals surface area (Å²) in [5, 5.41) is 16.3. The summed E-state index contributed by atoms with van der Waals surface area (Å²) in [5.74, 6) is 0.926. The molecule has 0 saturated carbocycles. The molecule has 3 rings (SSSR count). The molecule has 26 heavy (non-hydrogen) atoms. The molecule has 1 heterocycles. The molecule has 6 nitrogen and oxygen atoms in total. The molecule has 0 aliphatic rings. The zero-order valence-electron chi connectivity index (χ0n) is 14.0. The molecule has 0 spiro atoms. The Balaban J connectivity index is 1.64. The minimum absolute atomic E-state index is 0.0612. The molecule has 0 saturated heterocycles. The Morgan fingerprint density at radius 3 is 2.65 bits per heavy atom. The van der Waals surface area contributed by atoms with Crippen LogP contribution in [0.5, 0.6) is 0 Å². The van der Waals surface area contributed by atoms with Crippen molar-refractivity contribution < 1.29 is 13.9 Å². The smallest absolute Gasteiger partial charge is 0.339 e. The third-order valence-electron chi connectivity index (χ3n) is 3.48. The van der Waals surface area contributed by atoms with Gasteiger partial charge in [-0.15, -0.1) is 22.0 Å². The van der Waals surface area contributed by atoms with Gasteiger partial charge in [0.15, 0.2) is 6.61 Å². The Morgan fingerprint density at radius 2 is 1.96 bits per heavy atom. The van der Waals surface area contributed by atoms with Crippen LogP contribution in [-0.2, 0) is 17.1 Å². The molecule has 0 radical (unpaired) electrons. The van der Waals surface area contributed by atoms with Crippen LogP contribution < -0.4 is 0 Å². The summed E-state index contributed by atoms with van der Waals surface area (Å²) in [7, 11) is 0. The van der Waals surface area contributed by atoms with Gasteiger partial charge in [0.25, 0.3) is 5.89 Å². The van der Waals surface area contributed by atoms with Gasteiger partial charge in [0, 0.05) is 17.6 Å². The third kappa shape index (κ3) is 4.49. The number of aryl methyl sites for hydroxylation is 1. The summed E-state index contributed by atoms with van der Waals surface area (Å²) in [5.41, 5.74) is 2.18. The van der Waals surface area contributed by atoms with Crippen LogP contribution in [-0.4, -0.2) is 16.2 Å². The molecule has 1 aromatic heterocycles. The predicted octanol–water partition coefficient (Wildman–Crippen LogP) is 3.90. The van der Waals surface area contributed by atoms with Gasteiger partial charge in [0.2, 0.25) is 5.89 Å². The summed E-state index contributed by atoms with van der Waals surface area (Å²) in [6.07, 6.45) is 0. The number of nitrogens with zero attached hydrogens (tertiary/aromatic N) is 3. The Kier molecular flexibility index (Phi) is 5.66. The minimum atomic E-state index is -0.441. The Bertz CT molecular complexity index is 945. The van der Waals surface area contributed by atoms with Crippen molar-refractivity contribution in [2.45, 2.75) is 24.2 Å². The summed E-state index contributed by atoms with van der Waals surface area (Å²) in [6.45, 7) is 1.61. The highest BCUT2D eigenvalue weighted by atomic mass is 32.2. The Morgan fingerprint density at radius 1 is 1.19 bits per heavy atom. The fourth-order valence-corrected chi connectivity index (χ4v) is 3.19. The summed E-state index contributed by atoms with van der Waals surface area (Å²) in [6, 6.07) is 16.7. The van der Waals surface area contributed by atoms with Gasteiger partial charge in [-0.2, -0.15) is 5.26 Å². The van der Waals surface area contributed by atoms with Gasteiger partial charge in [-0.05, 0) is 29.8 Å². The number of ether oxygens (including phenoxy) is 1. The van der Waals surface area contributed by atoms with E-state index in [0.717, 1.165) is 10.5 Å². The third-order valence-corrected chi connectivity index (χ3v) is 4.62. The maximum atomic E-state index is 12.4. The van der Waals surface area contributed by atoms with Crippen molar-refractivity contribution in [3.05, 3.63) is 77.0 Å². The molecule has 2 aromatic carbocycles. The van der Waals surface area contributed by atoms with E-state index in [-0.39, 0.29) is 12.5 Å². The van der Waals surface area contributed by atoms with E-state index >= 15 is 0 Å². The first-order valence-electron chi connectivity index (χ1n) is 7.82. The first kappa shape index (κ1) is 17.7. The van der Waals surface area contributed by atoms with Crippen LogP contribution >= 0.6 is 11.8 Å². The van der Waals surface area contributed by atoms with E-state index in [1.165, 1.54) is 11.8 Å². The number of hydrogen-bond acceptors (Lipinski definition) is 7. The Hall–Kier alpha value is -3.11. The minimum Gasteiger partial charge on any atom is -0.452 e. The van der Waals surface area contributed by atoms with Crippen LogP contribution in [0.1, 0.15) is 33.3 Å². The molecule has 0 aliphatic carbocycles. The first-order valence-corrected chi connectivity index (χ1v) is 8.81. The lowest BCUT2D eigenvalue weighted by Gasteiger charge is -2.08. The van der Waals surface area contributed by atoms with Crippen molar-refractivity contribution in [2.24, 2.45) is 0 Å². The lowest BCUT2D eigenvalue weighted by molar-refractivity contribution is 0.0432. The van der Waals surface area contributed by atoms with Crippen LogP contribution in [0.4, 0.5) is 0 Å². The standard InChI is InChI=1S/C19H15N3O3S/c1-13-21-22-18(25-13)11-24-19(23)16-4-2-3-5-17(16)26-12-15-8-6-14(10-20)7-9-15/h2-9H,11-12H2,1H3. The number of hydrogen-bond donors (Lipinski definition) is 0. The molecule has 0 aliphatic heterocycles. The zero-order chi connectivity index (χ0) is 18.4. The second-order valence-electron chi connectivity index (χ2n) is 5.38. The number of nitriles is 1. The van der Waals surface area contributed by atoms with E-state index < -0.39 is 5.97 Å². The average Bonchev–Trinajstić information content (AvgIpc) is 3.10. The fraction of sp³-hybridized carbons (Fsp3) is 0.158. The molecule has 130 valence electrons. The normalized spacial score (nSPS) is 10.3. The lowest BCUT2D eigenvalue weighted by Crippen LogP contribution is -2.07. The van der Waals surface area contributed by atoms with Crippen LogP contribution in [0.3, 0.4) is 0 Å². The van der Waals surface area contributed by atoms with Crippen molar-refractivity contribution in [1.82, 2.24) is 10.2 Å². The number of rotatable bonds is 6. The van der Waals surface area contributed by atoms with Gasteiger partial charge in [-0.25, -0.2) is 4.79 Å². The molecule has 7 heteroatoms. The summed E-state index contributed by atoms with van der Waals surface area (Å²) in [4.78, 5) is 13.2. The second-order valence-corrected chi connectivity index (χ2v) is 6.40. The number of thioether (sulfide) groups is 1. The monoisotopic (exact) mass is 365 g/mol. The molecule has 0 N–H and O–H groups in total. The molecule has 0 unspecified atom stereocenters. The van der Waals surface area contributed by atoms with E-state index in [0.29, 0.717) is 22.8 Å². The second kappa shape index (κ2) is 8.32. The van der Waals surface area contributed by atoms with E-state index in [2.05, 4.69) is 16.3 Å². The van der Waals surface area contributed by atoms with Crippen LogP contribution in [0.15, 0.2) is 57.8 Å². The van der Waals surface area contributed by atoms with E-state index in [1.54, 1.807) is 31.2 Å². The highest BCUT2D eigenvalue weighted by molar-refractivity contribution is 7.98. The van der Waals surface area contributed by atoms with Gasteiger partial charge in [0.1, 0.15) is 0 Å². The molecule has 0 fully saturated rings. The Labute approximate surface area is 154 Å². The number of benzene rings is 2. The van der Waals surface area contributed by atoms with Crippen LogP contribution in [0.25, 0.3) is 0 Å². The van der Waals surface area contributed by atoms with Crippen molar-refractivity contribution in [1.29, 1.82) is 5.26 Å². The number of carbonyl (C=O) groups is 1. The SMILES string of the molecule is Cc1nnc(COC(=O)c2ccccc2SCc2ccc(C#N)cc2)o1. The molecular formula is C19H15N3O3S. The van der Waals surface area contributed by atoms with Crippen LogP contribution in [0, 0.1) is 18.3 Å². The number of esters is 1. The van der Waals surface area contributed by atoms with Crippen molar-refractivity contribution in [3.8, 4) is 6.07 Å². The first-order chi connectivity index (χ1) is 12.7. The van der Waals surface area contributed by atoms with E-state index in [9.17, 15) is 4.79 Å². The van der Waals surface area contributed by atoms with Gasteiger partial charge in [-0.1, -0.05) is 24.3 Å². The number of carbonyl (C=O) groups excluding carboxylic acids is 1. The quantitative estimate of drug-likeness (QED) is 0.483. The maximum Gasteiger partial charge on any atom is 0.339 e. The number of aromatic nitrogens is 2. The predicted molar refractivity (Wildman–Crippen MR) is 95.3 cm³/mol. The zero-order valence-corrected chi connectivity index (χ0v) is 14.8. The van der Waals surface area contributed by atoms with Gasteiger partial charge in [0.05, 0.1) is 17.2 Å². The molecule has 0 atom stereocenters. The fourth-order valence-electron chi connectivity index (χ4n) is 2.20. The molecular weight excluding hydrogens is 350 g/mol. The summed E-state index contributed by atoms with van der Waals surface area (Å²) >= 11 is 1.53. The van der Waals surface area contributed by atoms with Crippen molar-refractivity contribution in [3.63, 3.8) is 0 Å². The maximum absolute atomic E-state index is 12.4. The highest BCUT2D eigenvalue weighted by Crippen LogP contribution is 2.27. The average molecular weight is 365 g/mol. The van der Waals surface area contributed by atoms with E-state index in [4.69, 9.17) is 14.4 Å². The summed E-state index contributed by atoms with van der Waals surface area (Å²) < 4.78 is 10.5. The topological polar surface area (TPSA) is 89.0 Å². The van der Waals surface area contributed by atoms with Gasteiger partial charge in [-0.3, -0.25) is 0 Å². The van der Waals surface area contributed by atoms with Gasteiger partial charge >= 0.3 is 5.97 Å². The van der Waals surface area contributed by atoms with Crippen molar-refractivity contribution >= 4 is 17.7 Å². The molecule has 0 amide bonds.